The van der Waals surface area contributed by atoms with Crippen molar-refractivity contribution in [2.24, 2.45) is 0 Å². The first kappa shape index (κ1) is 12.1. The highest BCUT2D eigenvalue weighted by atomic mass is 32.1. The Kier molecular flexibility index (Phi) is 3.43. The highest BCUT2D eigenvalue weighted by molar-refractivity contribution is 7.08. The molecule has 2 aromatic heterocycles. The quantitative estimate of drug-likeness (QED) is 0.668. The molecule has 0 aliphatic carbocycles. The number of pyridine rings is 1. The minimum absolute atomic E-state index is 0.968. The molecule has 0 aliphatic heterocycles. The third-order valence-electron chi connectivity index (χ3n) is 3.32. The summed E-state index contributed by atoms with van der Waals surface area (Å²) in [5.41, 5.74) is 6.73. The maximum Gasteiger partial charge on any atom is 0.0270 e. The zero-order chi connectivity index (χ0) is 13.1. The predicted molar refractivity (Wildman–Crippen MR) is 81.5 cm³/mol. The number of aromatic nitrogens is 1. The van der Waals surface area contributed by atoms with Crippen molar-refractivity contribution >= 4 is 11.3 Å². The van der Waals surface area contributed by atoms with Crippen LogP contribution in [0.3, 0.4) is 0 Å². The number of benzene rings is 1. The van der Waals surface area contributed by atoms with Gasteiger partial charge in [-0.2, -0.15) is 11.3 Å². The topological polar surface area (TPSA) is 12.9 Å². The van der Waals surface area contributed by atoms with Gasteiger partial charge in [-0.1, -0.05) is 24.3 Å². The van der Waals surface area contributed by atoms with Crippen LogP contribution in [0.2, 0.25) is 0 Å². The Balaban J connectivity index is 1.98. The second kappa shape index (κ2) is 5.37. The summed E-state index contributed by atoms with van der Waals surface area (Å²) in [6.45, 7) is 2.17. The SMILES string of the molecule is Cc1ccccc1-c1cscc1Cc1ccncc1. The Bertz CT molecular complexity index is 670. The fourth-order valence-electron chi connectivity index (χ4n) is 2.29. The molecule has 3 rings (SSSR count). The molecule has 0 N–H and O–H groups in total. The van der Waals surface area contributed by atoms with Gasteiger partial charge in [0.1, 0.15) is 0 Å². The number of hydrogen-bond donors (Lipinski definition) is 0. The van der Waals surface area contributed by atoms with Gasteiger partial charge in [-0.25, -0.2) is 0 Å². The second-order valence-electron chi connectivity index (χ2n) is 4.66. The van der Waals surface area contributed by atoms with Crippen LogP contribution in [-0.2, 0) is 6.42 Å². The van der Waals surface area contributed by atoms with E-state index in [4.69, 9.17) is 0 Å². The van der Waals surface area contributed by atoms with Gasteiger partial charge in [0.15, 0.2) is 0 Å². The van der Waals surface area contributed by atoms with E-state index in [2.05, 4.69) is 59.1 Å². The molecule has 0 aliphatic rings. The standard InChI is InChI=1S/C17H15NS/c1-13-4-2-3-5-16(13)17-12-19-11-15(17)10-14-6-8-18-9-7-14/h2-9,11-12H,10H2,1H3. The molecule has 94 valence electrons. The number of rotatable bonds is 3. The van der Waals surface area contributed by atoms with E-state index in [1.165, 1.54) is 27.8 Å². The summed E-state index contributed by atoms with van der Waals surface area (Å²) in [5, 5.41) is 4.50. The van der Waals surface area contributed by atoms with Crippen molar-refractivity contribution in [1.29, 1.82) is 0 Å². The molecule has 1 nitrogen and oxygen atoms in total. The summed E-state index contributed by atoms with van der Waals surface area (Å²) < 4.78 is 0. The van der Waals surface area contributed by atoms with Crippen LogP contribution in [0.15, 0.2) is 59.6 Å². The van der Waals surface area contributed by atoms with E-state index < -0.39 is 0 Å². The van der Waals surface area contributed by atoms with E-state index in [9.17, 15) is 0 Å². The van der Waals surface area contributed by atoms with Crippen LogP contribution in [0.5, 0.6) is 0 Å². The fraction of sp³-hybridized carbons (Fsp3) is 0.118. The average Bonchev–Trinajstić information content (AvgIpc) is 2.88. The summed E-state index contributed by atoms with van der Waals surface area (Å²) in [6.07, 6.45) is 4.68. The summed E-state index contributed by atoms with van der Waals surface area (Å²) in [5.74, 6) is 0. The van der Waals surface area contributed by atoms with E-state index in [0.717, 1.165) is 6.42 Å². The molecule has 3 aromatic rings. The third kappa shape index (κ3) is 2.59. The fourth-order valence-corrected chi connectivity index (χ4v) is 3.15. The van der Waals surface area contributed by atoms with Crippen LogP contribution < -0.4 is 0 Å². The molecule has 0 bridgehead atoms. The Morgan fingerprint density at radius 1 is 0.947 bits per heavy atom. The Labute approximate surface area is 117 Å². The molecule has 0 unspecified atom stereocenters. The molecule has 0 radical (unpaired) electrons. The molecule has 19 heavy (non-hydrogen) atoms. The Morgan fingerprint density at radius 3 is 2.53 bits per heavy atom. The first-order valence-corrected chi connectivity index (χ1v) is 7.29. The molecule has 2 heteroatoms. The number of thiophene rings is 1. The van der Waals surface area contributed by atoms with Gasteiger partial charge in [0, 0.05) is 12.4 Å². The lowest BCUT2D eigenvalue weighted by atomic mass is 9.97. The Hall–Kier alpha value is -1.93. The van der Waals surface area contributed by atoms with Crippen LogP contribution in [0.4, 0.5) is 0 Å². The first-order valence-electron chi connectivity index (χ1n) is 6.34. The van der Waals surface area contributed by atoms with E-state index >= 15 is 0 Å². The molecule has 0 saturated heterocycles. The van der Waals surface area contributed by atoms with Gasteiger partial charge in [-0.05, 0) is 64.1 Å². The minimum Gasteiger partial charge on any atom is -0.265 e. The second-order valence-corrected chi connectivity index (χ2v) is 5.40. The lowest BCUT2D eigenvalue weighted by Gasteiger charge is -2.07. The van der Waals surface area contributed by atoms with Gasteiger partial charge in [0.05, 0.1) is 0 Å². The van der Waals surface area contributed by atoms with E-state index in [1.54, 1.807) is 11.3 Å². The molecular formula is C17H15NS. The zero-order valence-electron chi connectivity index (χ0n) is 10.8. The molecule has 0 saturated carbocycles. The maximum absolute atomic E-state index is 4.07. The predicted octanol–water partition coefficient (Wildman–Crippen LogP) is 4.71. The van der Waals surface area contributed by atoms with Gasteiger partial charge in [-0.3, -0.25) is 4.98 Å². The monoisotopic (exact) mass is 265 g/mol. The largest absolute Gasteiger partial charge is 0.265 e. The first-order chi connectivity index (χ1) is 9.34. The molecule has 2 heterocycles. The van der Waals surface area contributed by atoms with Crippen molar-refractivity contribution in [3.05, 3.63) is 76.2 Å². The van der Waals surface area contributed by atoms with E-state index in [-0.39, 0.29) is 0 Å². The van der Waals surface area contributed by atoms with E-state index in [1.807, 2.05) is 12.4 Å². The van der Waals surface area contributed by atoms with Crippen molar-refractivity contribution in [2.45, 2.75) is 13.3 Å². The van der Waals surface area contributed by atoms with Crippen molar-refractivity contribution in [3.63, 3.8) is 0 Å². The Morgan fingerprint density at radius 2 is 1.74 bits per heavy atom. The van der Waals surface area contributed by atoms with Crippen molar-refractivity contribution in [3.8, 4) is 11.1 Å². The number of aryl methyl sites for hydroxylation is 1. The van der Waals surface area contributed by atoms with Gasteiger partial charge >= 0.3 is 0 Å². The van der Waals surface area contributed by atoms with Gasteiger partial charge in [0.2, 0.25) is 0 Å². The van der Waals surface area contributed by atoms with Crippen LogP contribution in [0.25, 0.3) is 11.1 Å². The summed E-state index contributed by atoms with van der Waals surface area (Å²) in [4.78, 5) is 4.07. The molecule has 1 aromatic carbocycles. The van der Waals surface area contributed by atoms with Crippen molar-refractivity contribution < 1.29 is 0 Å². The van der Waals surface area contributed by atoms with Crippen LogP contribution >= 0.6 is 11.3 Å². The van der Waals surface area contributed by atoms with E-state index in [0.29, 0.717) is 0 Å². The van der Waals surface area contributed by atoms with Gasteiger partial charge in [-0.15, -0.1) is 0 Å². The maximum atomic E-state index is 4.07. The third-order valence-corrected chi connectivity index (χ3v) is 4.11. The highest BCUT2D eigenvalue weighted by Gasteiger charge is 2.08. The zero-order valence-corrected chi connectivity index (χ0v) is 11.7. The van der Waals surface area contributed by atoms with Crippen molar-refractivity contribution in [1.82, 2.24) is 4.98 Å². The summed E-state index contributed by atoms with van der Waals surface area (Å²) in [7, 11) is 0. The molecule has 0 spiro atoms. The molecular weight excluding hydrogens is 250 g/mol. The average molecular weight is 265 g/mol. The lowest BCUT2D eigenvalue weighted by molar-refractivity contribution is 1.17. The van der Waals surface area contributed by atoms with Gasteiger partial charge < -0.3 is 0 Å². The number of nitrogens with zero attached hydrogens (tertiary/aromatic N) is 1. The van der Waals surface area contributed by atoms with Crippen molar-refractivity contribution in [2.75, 3.05) is 0 Å². The van der Waals surface area contributed by atoms with Crippen LogP contribution in [-0.4, -0.2) is 4.98 Å². The summed E-state index contributed by atoms with van der Waals surface area (Å²) >= 11 is 1.77. The smallest absolute Gasteiger partial charge is 0.0270 e. The van der Waals surface area contributed by atoms with Gasteiger partial charge in [0.25, 0.3) is 0 Å². The van der Waals surface area contributed by atoms with Crippen LogP contribution in [0.1, 0.15) is 16.7 Å². The normalized spacial score (nSPS) is 10.6. The van der Waals surface area contributed by atoms with Crippen LogP contribution in [0, 0.1) is 6.92 Å². The molecule has 0 fully saturated rings. The lowest BCUT2D eigenvalue weighted by Crippen LogP contribution is -1.90. The number of hydrogen-bond acceptors (Lipinski definition) is 2. The minimum atomic E-state index is 0.968. The molecule has 0 atom stereocenters. The highest BCUT2D eigenvalue weighted by Crippen LogP contribution is 2.31. The summed E-state index contributed by atoms with van der Waals surface area (Å²) in [6, 6.07) is 12.7. The molecule has 0 amide bonds.